The van der Waals surface area contributed by atoms with Crippen molar-refractivity contribution in [3.8, 4) is 11.8 Å². The molecule has 2 rings (SSSR count). The molecule has 0 saturated heterocycles. The topological polar surface area (TPSA) is 33.0 Å². The number of hydrogen-bond acceptors (Lipinski definition) is 2. The maximum absolute atomic E-state index is 12.8. The second kappa shape index (κ2) is 6.72. The molecule has 0 aliphatic heterocycles. The van der Waals surface area contributed by atoms with Crippen molar-refractivity contribution in [2.75, 3.05) is 0 Å². The van der Waals surface area contributed by atoms with Gasteiger partial charge in [0.1, 0.15) is 17.6 Å². The molecule has 1 atom stereocenters. The standard InChI is InChI=1S/C17H16FNO/c1-13-4-2-3-5-17(13)20-16(12-19)11-8-14-6-9-15(18)10-7-14/h2-7,9-10,16H,8,11H2,1H3. The molecule has 0 spiro atoms. The highest BCUT2D eigenvalue weighted by Gasteiger charge is 2.10. The molecule has 0 aliphatic carbocycles. The van der Waals surface area contributed by atoms with E-state index in [1.165, 1.54) is 12.1 Å². The van der Waals surface area contributed by atoms with E-state index in [0.717, 1.165) is 16.9 Å². The molecule has 2 aromatic rings. The highest BCUT2D eigenvalue weighted by Crippen LogP contribution is 2.19. The number of ether oxygens (including phenoxy) is 1. The van der Waals surface area contributed by atoms with E-state index in [0.29, 0.717) is 12.8 Å². The van der Waals surface area contributed by atoms with Gasteiger partial charge in [0.25, 0.3) is 0 Å². The molecule has 3 heteroatoms. The summed E-state index contributed by atoms with van der Waals surface area (Å²) in [5.41, 5.74) is 2.01. The van der Waals surface area contributed by atoms with Crippen LogP contribution in [0.2, 0.25) is 0 Å². The van der Waals surface area contributed by atoms with Gasteiger partial charge in [-0.3, -0.25) is 0 Å². The van der Waals surface area contributed by atoms with Gasteiger partial charge < -0.3 is 4.74 Å². The van der Waals surface area contributed by atoms with Gasteiger partial charge in [-0.15, -0.1) is 0 Å². The molecule has 0 heterocycles. The van der Waals surface area contributed by atoms with Crippen molar-refractivity contribution in [3.05, 3.63) is 65.5 Å². The van der Waals surface area contributed by atoms with E-state index in [1.807, 2.05) is 31.2 Å². The number of rotatable bonds is 5. The molecule has 0 aromatic heterocycles. The Morgan fingerprint density at radius 3 is 2.50 bits per heavy atom. The summed E-state index contributed by atoms with van der Waals surface area (Å²) in [6.07, 6.45) is 0.766. The number of halogens is 1. The Labute approximate surface area is 118 Å². The first kappa shape index (κ1) is 14.1. The predicted octanol–water partition coefficient (Wildman–Crippen LogP) is 4.04. The molecule has 0 bridgehead atoms. The SMILES string of the molecule is Cc1ccccc1OC(C#N)CCc1ccc(F)cc1. The lowest BCUT2D eigenvalue weighted by molar-refractivity contribution is 0.244. The van der Waals surface area contributed by atoms with Crippen molar-refractivity contribution in [1.82, 2.24) is 0 Å². The van der Waals surface area contributed by atoms with Gasteiger partial charge in [-0.2, -0.15) is 5.26 Å². The Hall–Kier alpha value is -2.34. The van der Waals surface area contributed by atoms with Crippen molar-refractivity contribution in [2.45, 2.75) is 25.9 Å². The smallest absolute Gasteiger partial charge is 0.184 e. The van der Waals surface area contributed by atoms with Gasteiger partial charge in [0, 0.05) is 6.42 Å². The maximum atomic E-state index is 12.8. The lowest BCUT2D eigenvalue weighted by Crippen LogP contribution is -2.15. The third-order valence-corrected chi connectivity index (χ3v) is 3.12. The summed E-state index contributed by atoms with van der Waals surface area (Å²) >= 11 is 0. The molecular weight excluding hydrogens is 253 g/mol. The summed E-state index contributed by atoms with van der Waals surface area (Å²) < 4.78 is 18.5. The van der Waals surface area contributed by atoms with E-state index >= 15 is 0 Å². The van der Waals surface area contributed by atoms with Gasteiger partial charge >= 0.3 is 0 Å². The first-order valence-corrected chi connectivity index (χ1v) is 6.55. The van der Waals surface area contributed by atoms with E-state index < -0.39 is 6.10 Å². The molecule has 102 valence electrons. The fourth-order valence-electron chi connectivity index (χ4n) is 1.94. The quantitative estimate of drug-likeness (QED) is 0.820. The molecule has 0 fully saturated rings. The largest absolute Gasteiger partial charge is 0.475 e. The van der Waals surface area contributed by atoms with Gasteiger partial charge in [-0.05, 0) is 42.7 Å². The van der Waals surface area contributed by atoms with Gasteiger partial charge in [0.05, 0.1) is 0 Å². The molecular formula is C17H16FNO. The van der Waals surface area contributed by atoms with Crippen LogP contribution in [0.5, 0.6) is 5.75 Å². The molecule has 1 unspecified atom stereocenters. The van der Waals surface area contributed by atoms with Crippen molar-refractivity contribution in [3.63, 3.8) is 0 Å². The lowest BCUT2D eigenvalue weighted by atomic mass is 10.1. The fourth-order valence-corrected chi connectivity index (χ4v) is 1.94. The maximum Gasteiger partial charge on any atom is 0.184 e. The minimum Gasteiger partial charge on any atom is -0.475 e. The average molecular weight is 269 g/mol. The molecule has 2 nitrogen and oxygen atoms in total. The van der Waals surface area contributed by atoms with E-state index in [9.17, 15) is 4.39 Å². The van der Waals surface area contributed by atoms with Crippen LogP contribution in [-0.2, 0) is 6.42 Å². The first-order valence-electron chi connectivity index (χ1n) is 6.55. The van der Waals surface area contributed by atoms with Crippen molar-refractivity contribution in [1.29, 1.82) is 5.26 Å². The minimum atomic E-state index is -0.499. The average Bonchev–Trinajstić information content (AvgIpc) is 2.47. The third kappa shape index (κ3) is 3.83. The molecule has 0 radical (unpaired) electrons. The summed E-state index contributed by atoms with van der Waals surface area (Å²) in [5, 5.41) is 9.17. The Balaban J connectivity index is 1.95. The Morgan fingerprint density at radius 1 is 1.15 bits per heavy atom. The summed E-state index contributed by atoms with van der Waals surface area (Å²) in [6, 6.07) is 16.1. The van der Waals surface area contributed by atoms with Crippen LogP contribution in [0.25, 0.3) is 0 Å². The molecule has 0 saturated carbocycles. The number of benzene rings is 2. The number of nitriles is 1. The van der Waals surface area contributed by atoms with E-state index in [1.54, 1.807) is 12.1 Å². The molecule has 0 aliphatic rings. The van der Waals surface area contributed by atoms with Gasteiger partial charge in [0.15, 0.2) is 6.10 Å². The van der Waals surface area contributed by atoms with E-state index in [-0.39, 0.29) is 5.82 Å². The third-order valence-electron chi connectivity index (χ3n) is 3.12. The van der Waals surface area contributed by atoms with Crippen LogP contribution in [0.15, 0.2) is 48.5 Å². The molecule has 0 amide bonds. The molecule has 20 heavy (non-hydrogen) atoms. The summed E-state index contributed by atoms with van der Waals surface area (Å²) in [5.74, 6) is 0.486. The predicted molar refractivity (Wildman–Crippen MR) is 75.9 cm³/mol. The first-order chi connectivity index (χ1) is 9.69. The number of aryl methyl sites for hydroxylation is 2. The van der Waals surface area contributed by atoms with E-state index in [4.69, 9.17) is 10.00 Å². The van der Waals surface area contributed by atoms with Crippen LogP contribution < -0.4 is 4.74 Å². The monoisotopic (exact) mass is 269 g/mol. The molecule has 2 aromatic carbocycles. The second-order valence-corrected chi connectivity index (χ2v) is 4.67. The zero-order valence-corrected chi connectivity index (χ0v) is 11.3. The summed E-state index contributed by atoms with van der Waals surface area (Å²) in [4.78, 5) is 0. The number of nitrogens with zero attached hydrogens (tertiary/aromatic N) is 1. The Morgan fingerprint density at radius 2 is 1.85 bits per heavy atom. The minimum absolute atomic E-state index is 0.248. The number of hydrogen-bond donors (Lipinski definition) is 0. The molecule has 0 N–H and O–H groups in total. The lowest BCUT2D eigenvalue weighted by Gasteiger charge is -2.14. The Bertz CT molecular complexity index is 601. The van der Waals surface area contributed by atoms with Crippen LogP contribution in [0.3, 0.4) is 0 Å². The number of para-hydroxylation sites is 1. The zero-order chi connectivity index (χ0) is 14.4. The van der Waals surface area contributed by atoms with Crippen LogP contribution in [0.1, 0.15) is 17.5 Å². The highest BCUT2D eigenvalue weighted by atomic mass is 19.1. The van der Waals surface area contributed by atoms with E-state index in [2.05, 4.69) is 6.07 Å². The summed E-state index contributed by atoms with van der Waals surface area (Å²) in [6.45, 7) is 1.95. The summed E-state index contributed by atoms with van der Waals surface area (Å²) in [7, 11) is 0. The van der Waals surface area contributed by atoms with Crippen LogP contribution in [-0.4, -0.2) is 6.10 Å². The second-order valence-electron chi connectivity index (χ2n) is 4.67. The van der Waals surface area contributed by atoms with Crippen LogP contribution >= 0.6 is 0 Å². The van der Waals surface area contributed by atoms with Gasteiger partial charge in [-0.25, -0.2) is 4.39 Å². The normalized spacial score (nSPS) is 11.7. The van der Waals surface area contributed by atoms with Crippen LogP contribution in [0, 0.1) is 24.1 Å². The highest BCUT2D eigenvalue weighted by molar-refractivity contribution is 5.32. The van der Waals surface area contributed by atoms with Crippen molar-refractivity contribution < 1.29 is 9.13 Å². The fraction of sp³-hybridized carbons (Fsp3) is 0.235. The zero-order valence-electron chi connectivity index (χ0n) is 11.3. The van der Waals surface area contributed by atoms with Crippen molar-refractivity contribution >= 4 is 0 Å². The van der Waals surface area contributed by atoms with Gasteiger partial charge in [-0.1, -0.05) is 30.3 Å². The van der Waals surface area contributed by atoms with Crippen LogP contribution in [0.4, 0.5) is 4.39 Å². The Kier molecular flexibility index (Phi) is 4.73. The van der Waals surface area contributed by atoms with Crippen molar-refractivity contribution in [2.24, 2.45) is 0 Å². The van der Waals surface area contributed by atoms with Gasteiger partial charge in [0.2, 0.25) is 0 Å².